The van der Waals surface area contributed by atoms with Crippen LogP contribution in [0.3, 0.4) is 0 Å². The molecular weight excluding hydrogens is 146 g/mol. The average Bonchev–Trinajstić information content (AvgIpc) is 2.06. The van der Waals surface area contributed by atoms with Crippen LogP contribution in [0.5, 0.6) is 0 Å². The topological polar surface area (TPSA) is 12.0 Å². The normalized spacial score (nSPS) is 30.5. The highest BCUT2D eigenvalue weighted by Crippen LogP contribution is 2.23. The Hall–Kier alpha value is -0.0400. The number of piperidine rings is 1. The standard InChI is InChI=1S/C11H23N/c1-3-5-10-7-11(6-4-2)9-12-8-10/h10-12H,3-9H2,1-2H3/t10-,11-/m1/s1. The van der Waals surface area contributed by atoms with E-state index >= 15 is 0 Å². The fourth-order valence-corrected chi connectivity index (χ4v) is 2.39. The van der Waals surface area contributed by atoms with Crippen molar-refractivity contribution in [3.63, 3.8) is 0 Å². The van der Waals surface area contributed by atoms with Crippen molar-refractivity contribution >= 4 is 0 Å². The van der Waals surface area contributed by atoms with E-state index in [1.807, 2.05) is 0 Å². The van der Waals surface area contributed by atoms with Crippen LogP contribution in [-0.4, -0.2) is 13.1 Å². The summed E-state index contributed by atoms with van der Waals surface area (Å²) in [6.45, 7) is 7.13. The summed E-state index contributed by atoms with van der Waals surface area (Å²) >= 11 is 0. The molecule has 1 heteroatoms. The zero-order chi connectivity index (χ0) is 8.81. The van der Waals surface area contributed by atoms with Crippen LogP contribution in [-0.2, 0) is 0 Å². The van der Waals surface area contributed by atoms with E-state index in [2.05, 4.69) is 19.2 Å². The molecule has 1 fully saturated rings. The minimum atomic E-state index is 0.972. The molecule has 0 saturated carbocycles. The van der Waals surface area contributed by atoms with Crippen LogP contribution in [0.4, 0.5) is 0 Å². The minimum absolute atomic E-state index is 0.972. The largest absolute Gasteiger partial charge is 0.316 e. The molecule has 0 radical (unpaired) electrons. The van der Waals surface area contributed by atoms with Gasteiger partial charge in [-0.25, -0.2) is 0 Å². The highest BCUT2D eigenvalue weighted by molar-refractivity contribution is 4.75. The molecule has 0 aromatic rings. The first-order valence-electron chi connectivity index (χ1n) is 5.57. The molecule has 1 nitrogen and oxygen atoms in total. The Morgan fingerprint density at radius 3 is 1.92 bits per heavy atom. The predicted molar refractivity (Wildman–Crippen MR) is 54.3 cm³/mol. The van der Waals surface area contributed by atoms with Crippen molar-refractivity contribution in [2.75, 3.05) is 13.1 Å². The molecular formula is C11H23N. The molecule has 0 spiro atoms. The Kier molecular flexibility index (Phi) is 4.67. The van der Waals surface area contributed by atoms with Crippen molar-refractivity contribution in [1.82, 2.24) is 5.32 Å². The zero-order valence-corrected chi connectivity index (χ0v) is 8.60. The van der Waals surface area contributed by atoms with Crippen molar-refractivity contribution in [3.8, 4) is 0 Å². The summed E-state index contributed by atoms with van der Waals surface area (Å²) in [4.78, 5) is 0. The molecule has 0 aliphatic carbocycles. The van der Waals surface area contributed by atoms with Crippen molar-refractivity contribution < 1.29 is 0 Å². The van der Waals surface area contributed by atoms with Gasteiger partial charge in [0.05, 0.1) is 0 Å². The molecule has 0 amide bonds. The Labute approximate surface area is 76.9 Å². The molecule has 1 N–H and O–H groups in total. The summed E-state index contributed by atoms with van der Waals surface area (Å²) in [5, 5.41) is 3.55. The van der Waals surface area contributed by atoms with Gasteiger partial charge in [0.25, 0.3) is 0 Å². The molecule has 1 heterocycles. The van der Waals surface area contributed by atoms with Gasteiger partial charge in [0.2, 0.25) is 0 Å². The van der Waals surface area contributed by atoms with Gasteiger partial charge in [-0.05, 0) is 44.2 Å². The van der Waals surface area contributed by atoms with E-state index in [0.717, 1.165) is 11.8 Å². The van der Waals surface area contributed by atoms with Crippen LogP contribution in [0.1, 0.15) is 46.0 Å². The van der Waals surface area contributed by atoms with Crippen LogP contribution in [0, 0.1) is 11.8 Å². The van der Waals surface area contributed by atoms with Crippen molar-refractivity contribution in [3.05, 3.63) is 0 Å². The van der Waals surface area contributed by atoms with E-state index in [9.17, 15) is 0 Å². The zero-order valence-electron chi connectivity index (χ0n) is 8.60. The van der Waals surface area contributed by atoms with Gasteiger partial charge in [0.1, 0.15) is 0 Å². The minimum Gasteiger partial charge on any atom is -0.316 e. The molecule has 0 aromatic carbocycles. The Morgan fingerprint density at radius 2 is 1.50 bits per heavy atom. The molecule has 1 aliphatic heterocycles. The summed E-state index contributed by atoms with van der Waals surface area (Å²) in [6, 6.07) is 0. The van der Waals surface area contributed by atoms with E-state index in [1.165, 1.54) is 45.2 Å². The number of rotatable bonds is 4. The molecule has 1 saturated heterocycles. The van der Waals surface area contributed by atoms with Gasteiger partial charge in [0, 0.05) is 0 Å². The van der Waals surface area contributed by atoms with Crippen molar-refractivity contribution in [1.29, 1.82) is 0 Å². The number of hydrogen-bond acceptors (Lipinski definition) is 1. The van der Waals surface area contributed by atoms with E-state index in [1.54, 1.807) is 0 Å². The van der Waals surface area contributed by atoms with Crippen LogP contribution < -0.4 is 5.32 Å². The molecule has 12 heavy (non-hydrogen) atoms. The van der Waals surface area contributed by atoms with E-state index < -0.39 is 0 Å². The highest BCUT2D eigenvalue weighted by Gasteiger charge is 2.19. The Morgan fingerprint density at radius 1 is 1.00 bits per heavy atom. The van der Waals surface area contributed by atoms with Gasteiger partial charge in [-0.1, -0.05) is 26.7 Å². The fourth-order valence-electron chi connectivity index (χ4n) is 2.39. The first kappa shape index (κ1) is 10.0. The average molecular weight is 169 g/mol. The van der Waals surface area contributed by atoms with Crippen LogP contribution in [0.15, 0.2) is 0 Å². The summed E-state index contributed by atoms with van der Waals surface area (Å²) < 4.78 is 0. The highest BCUT2D eigenvalue weighted by atomic mass is 14.9. The van der Waals surface area contributed by atoms with Gasteiger partial charge in [-0.2, -0.15) is 0 Å². The lowest BCUT2D eigenvalue weighted by Crippen LogP contribution is -2.36. The maximum absolute atomic E-state index is 3.55. The fraction of sp³-hybridized carbons (Fsp3) is 1.00. The number of hydrogen-bond donors (Lipinski definition) is 1. The second-order valence-electron chi connectivity index (χ2n) is 4.20. The lowest BCUT2D eigenvalue weighted by Gasteiger charge is -2.29. The van der Waals surface area contributed by atoms with Gasteiger partial charge in [-0.15, -0.1) is 0 Å². The molecule has 72 valence electrons. The third-order valence-corrected chi connectivity index (χ3v) is 2.93. The third kappa shape index (κ3) is 3.14. The second-order valence-corrected chi connectivity index (χ2v) is 4.20. The maximum atomic E-state index is 3.55. The molecule has 0 bridgehead atoms. The Balaban J connectivity index is 2.20. The number of nitrogens with one attached hydrogen (secondary N) is 1. The first-order valence-corrected chi connectivity index (χ1v) is 5.57. The summed E-state index contributed by atoms with van der Waals surface area (Å²) in [7, 11) is 0. The van der Waals surface area contributed by atoms with E-state index in [-0.39, 0.29) is 0 Å². The molecule has 2 atom stereocenters. The van der Waals surface area contributed by atoms with Crippen LogP contribution in [0.25, 0.3) is 0 Å². The summed E-state index contributed by atoms with van der Waals surface area (Å²) in [5.41, 5.74) is 0. The van der Waals surface area contributed by atoms with Gasteiger partial charge in [0.15, 0.2) is 0 Å². The molecule has 1 rings (SSSR count). The predicted octanol–water partition coefficient (Wildman–Crippen LogP) is 2.81. The SMILES string of the molecule is CCC[C@H]1CNC[C@H](CCC)C1. The van der Waals surface area contributed by atoms with Crippen molar-refractivity contribution in [2.45, 2.75) is 46.0 Å². The van der Waals surface area contributed by atoms with E-state index in [0.29, 0.717) is 0 Å². The summed E-state index contributed by atoms with van der Waals surface area (Å²) in [5.74, 6) is 1.94. The van der Waals surface area contributed by atoms with E-state index in [4.69, 9.17) is 0 Å². The lowest BCUT2D eigenvalue weighted by molar-refractivity contribution is 0.260. The first-order chi connectivity index (χ1) is 5.86. The smallest absolute Gasteiger partial charge is 0.00203 e. The van der Waals surface area contributed by atoms with Gasteiger partial charge in [-0.3, -0.25) is 0 Å². The second kappa shape index (κ2) is 5.58. The lowest BCUT2D eigenvalue weighted by atomic mass is 9.85. The van der Waals surface area contributed by atoms with Gasteiger partial charge >= 0.3 is 0 Å². The maximum Gasteiger partial charge on any atom is -0.00203 e. The Bertz CT molecular complexity index is 95.6. The van der Waals surface area contributed by atoms with Crippen LogP contribution in [0.2, 0.25) is 0 Å². The third-order valence-electron chi connectivity index (χ3n) is 2.93. The van der Waals surface area contributed by atoms with Crippen LogP contribution >= 0.6 is 0 Å². The molecule has 1 aliphatic rings. The van der Waals surface area contributed by atoms with Crippen molar-refractivity contribution in [2.24, 2.45) is 11.8 Å². The summed E-state index contributed by atoms with van der Waals surface area (Å²) in [6.07, 6.45) is 7.03. The quantitative estimate of drug-likeness (QED) is 0.682. The monoisotopic (exact) mass is 169 g/mol. The van der Waals surface area contributed by atoms with Gasteiger partial charge < -0.3 is 5.32 Å². The molecule has 0 unspecified atom stereocenters. The molecule has 0 aromatic heterocycles.